The summed E-state index contributed by atoms with van der Waals surface area (Å²) < 4.78 is 5.21. The van der Waals surface area contributed by atoms with Gasteiger partial charge < -0.3 is 10.1 Å². The van der Waals surface area contributed by atoms with Crippen LogP contribution in [0.5, 0.6) is 5.75 Å². The minimum absolute atomic E-state index is 0.322. The summed E-state index contributed by atoms with van der Waals surface area (Å²) in [6, 6.07) is 8.14. The molecular formula is C12H16N2O. The maximum absolute atomic E-state index is 5.21. The second kappa shape index (κ2) is 4.34. The summed E-state index contributed by atoms with van der Waals surface area (Å²) in [6.45, 7) is 4.01. The van der Waals surface area contributed by atoms with Crippen molar-refractivity contribution in [2.75, 3.05) is 20.2 Å². The highest BCUT2D eigenvalue weighted by atomic mass is 16.5. The molecule has 0 aliphatic carbocycles. The van der Waals surface area contributed by atoms with Crippen molar-refractivity contribution < 1.29 is 4.74 Å². The molecule has 0 radical (unpaired) electrons. The van der Waals surface area contributed by atoms with Crippen molar-refractivity contribution in [3.63, 3.8) is 0 Å². The first-order valence-electron chi connectivity index (χ1n) is 5.23. The van der Waals surface area contributed by atoms with Crippen LogP contribution in [0.4, 0.5) is 0 Å². The van der Waals surface area contributed by atoms with Crippen LogP contribution in [0.15, 0.2) is 29.3 Å². The number of hydrogen-bond acceptors (Lipinski definition) is 3. The smallest absolute Gasteiger partial charge is 0.119 e. The van der Waals surface area contributed by atoms with Crippen LogP contribution in [-0.4, -0.2) is 26.0 Å². The number of nitrogens with zero attached hydrogens (tertiary/aromatic N) is 1. The van der Waals surface area contributed by atoms with Gasteiger partial charge in [-0.1, -0.05) is 19.1 Å². The fourth-order valence-corrected chi connectivity index (χ4v) is 1.77. The molecule has 1 heterocycles. The van der Waals surface area contributed by atoms with E-state index in [-0.39, 0.29) is 0 Å². The minimum Gasteiger partial charge on any atom is -0.497 e. The van der Waals surface area contributed by atoms with E-state index < -0.39 is 0 Å². The number of aliphatic imine (C=N–C) groups is 1. The highest BCUT2D eigenvalue weighted by Crippen LogP contribution is 2.21. The Morgan fingerprint density at radius 1 is 1.47 bits per heavy atom. The molecule has 1 aromatic carbocycles. The third kappa shape index (κ3) is 2.12. The average molecular weight is 204 g/mol. The lowest BCUT2D eigenvalue weighted by Crippen LogP contribution is -2.23. The van der Waals surface area contributed by atoms with E-state index in [1.165, 1.54) is 5.56 Å². The molecule has 0 saturated heterocycles. The molecule has 15 heavy (non-hydrogen) atoms. The third-order valence-electron chi connectivity index (χ3n) is 2.70. The lowest BCUT2D eigenvalue weighted by atomic mass is 10.00. The van der Waals surface area contributed by atoms with Crippen LogP contribution < -0.4 is 10.1 Å². The summed E-state index contributed by atoms with van der Waals surface area (Å²) in [5.74, 6) is 2.31. The Bertz CT molecular complexity index is 374. The maximum Gasteiger partial charge on any atom is 0.119 e. The molecule has 0 amide bonds. The minimum atomic E-state index is 0.322. The number of nitrogens with one attached hydrogen (secondary N) is 1. The van der Waals surface area contributed by atoms with Crippen LogP contribution in [0.25, 0.3) is 0 Å². The molecule has 1 N–H and O–H groups in total. The largest absolute Gasteiger partial charge is 0.497 e. The Balaban J connectivity index is 2.20. The summed E-state index contributed by atoms with van der Waals surface area (Å²) >= 11 is 0. The van der Waals surface area contributed by atoms with E-state index in [9.17, 15) is 0 Å². The molecule has 80 valence electrons. The topological polar surface area (TPSA) is 33.6 Å². The molecule has 2 rings (SSSR count). The first kappa shape index (κ1) is 10.0. The Hall–Kier alpha value is -1.51. The molecule has 0 fully saturated rings. The van der Waals surface area contributed by atoms with Gasteiger partial charge in [-0.15, -0.1) is 0 Å². The Morgan fingerprint density at radius 2 is 2.33 bits per heavy atom. The summed E-state index contributed by atoms with van der Waals surface area (Å²) in [7, 11) is 1.69. The van der Waals surface area contributed by atoms with Gasteiger partial charge in [0, 0.05) is 12.5 Å². The lowest BCUT2D eigenvalue weighted by molar-refractivity contribution is 0.414. The van der Waals surface area contributed by atoms with Gasteiger partial charge in [0.05, 0.1) is 13.7 Å². The molecule has 0 saturated carbocycles. The zero-order valence-electron chi connectivity index (χ0n) is 9.16. The van der Waals surface area contributed by atoms with Crippen molar-refractivity contribution in [3.05, 3.63) is 29.8 Å². The monoisotopic (exact) mass is 204 g/mol. The highest BCUT2D eigenvalue weighted by molar-refractivity contribution is 5.89. The van der Waals surface area contributed by atoms with Gasteiger partial charge in [0.1, 0.15) is 11.6 Å². The van der Waals surface area contributed by atoms with Gasteiger partial charge in [0.25, 0.3) is 0 Å². The van der Waals surface area contributed by atoms with Crippen LogP contribution in [0.1, 0.15) is 18.4 Å². The van der Waals surface area contributed by atoms with Gasteiger partial charge in [0.15, 0.2) is 0 Å². The van der Waals surface area contributed by atoms with Crippen molar-refractivity contribution >= 4 is 5.84 Å². The van der Waals surface area contributed by atoms with E-state index in [1.807, 2.05) is 12.1 Å². The molecule has 3 heteroatoms. The highest BCUT2D eigenvalue weighted by Gasteiger charge is 2.15. The molecule has 1 unspecified atom stereocenters. The van der Waals surface area contributed by atoms with E-state index in [0.29, 0.717) is 5.92 Å². The van der Waals surface area contributed by atoms with Crippen LogP contribution in [0.3, 0.4) is 0 Å². The van der Waals surface area contributed by atoms with Crippen LogP contribution in [-0.2, 0) is 0 Å². The molecule has 1 aliphatic rings. The van der Waals surface area contributed by atoms with E-state index in [0.717, 1.165) is 24.7 Å². The SMILES string of the molecule is COc1cccc(C(C)C2=NCCN2)c1. The molecule has 0 spiro atoms. The lowest BCUT2D eigenvalue weighted by Gasteiger charge is -2.13. The molecule has 0 aromatic heterocycles. The zero-order chi connectivity index (χ0) is 10.7. The summed E-state index contributed by atoms with van der Waals surface area (Å²) in [5.41, 5.74) is 1.24. The van der Waals surface area contributed by atoms with Crippen molar-refractivity contribution in [1.82, 2.24) is 5.32 Å². The zero-order valence-corrected chi connectivity index (χ0v) is 9.16. The molecular weight excluding hydrogens is 188 g/mol. The van der Waals surface area contributed by atoms with Gasteiger partial charge in [-0.3, -0.25) is 4.99 Å². The third-order valence-corrected chi connectivity index (χ3v) is 2.70. The van der Waals surface area contributed by atoms with Crippen molar-refractivity contribution in [2.24, 2.45) is 4.99 Å². The number of amidine groups is 1. The van der Waals surface area contributed by atoms with Crippen LogP contribution >= 0.6 is 0 Å². The first-order valence-corrected chi connectivity index (χ1v) is 5.23. The Kier molecular flexibility index (Phi) is 2.90. The fraction of sp³-hybridized carbons (Fsp3) is 0.417. The number of benzene rings is 1. The average Bonchev–Trinajstić information content (AvgIpc) is 2.81. The van der Waals surface area contributed by atoms with Crippen molar-refractivity contribution in [2.45, 2.75) is 12.8 Å². The second-order valence-electron chi connectivity index (χ2n) is 3.69. The molecule has 0 bridgehead atoms. The van der Waals surface area contributed by atoms with Gasteiger partial charge in [0.2, 0.25) is 0 Å². The Labute approximate surface area is 90.2 Å². The van der Waals surface area contributed by atoms with E-state index in [4.69, 9.17) is 4.74 Å². The summed E-state index contributed by atoms with van der Waals surface area (Å²) in [6.07, 6.45) is 0. The molecule has 3 nitrogen and oxygen atoms in total. The number of hydrogen-bond donors (Lipinski definition) is 1. The van der Waals surface area contributed by atoms with E-state index in [2.05, 4.69) is 29.4 Å². The summed E-state index contributed by atoms with van der Waals surface area (Å²) in [4.78, 5) is 4.43. The maximum atomic E-state index is 5.21. The standard InChI is InChI=1S/C12H16N2O/c1-9(12-13-6-7-14-12)10-4-3-5-11(8-10)15-2/h3-5,8-9H,6-7H2,1-2H3,(H,13,14). The van der Waals surface area contributed by atoms with Gasteiger partial charge in [-0.05, 0) is 17.7 Å². The molecule has 1 aromatic rings. The van der Waals surface area contributed by atoms with Crippen LogP contribution in [0, 0.1) is 0 Å². The fourth-order valence-electron chi connectivity index (χ4n) is 1.77. The molecule has 1 aliphatic heterocycles. The first-order chi connectivity index (χ1) is 7.31. The number of methoxy groups -OCH3 is 1. The van der Waals surface area contributed by atoms with Crippen LogP contribution in [0.2, 0.25) is 0 Å². The van der Waals surface area contributed by atoms with E-state index >= 15 is 0 Å². The molecule has 1 atom stereocenters. The van der Waals surface area contributed by atoms with Crippen molar-refractivity contribution in [3.8, 4) is 5.75 Å². The number of rotatable bonds is 3. The number of ether oxygens (including phenoxy) is 1. The predicted molar refractivity (Wildman–Crippen MR) is 61.7 cm³/mol. The quantitative estimate of drug-likeness (QED) is 0.814. The Morgan fingerprint density at radius 3 is 3.00 bits per heavy atom. The van der Waals surface area contributed by atoms with Crippen molar-refractivity contribution in [1.29, 1.82) is 0 Å². The normalized spacial score (nSPS) is 16.8. The second-order valence-corrected chi connectivity index (χ2v) is 3.69. The van der Waals surface area contributed by atoms with E-state index in [1.54, 1.807) is 7.11 Å². The van der Waals surface area contributed by atoms with Gasteiger partial charge >= 0.3 is 0 Å². The summed E-state index contributed by atoms with van der Waals surface area (Å²) in [5, 5.41) is 3.30. The van der Waals surface area contributed by atoms with Gasteiger partial charge in [-0.2, -0.15) is 0 Å². The predicted octanol–water partition coefficient (Wildman–Crippen LogP) is 1.80. The van der Waals surface area contributed by atoms with Gasteiger partial charge in [-0.25, -0.2) is 0 Å².